The van der Waals surface area contributed by atoms with E-state index in [9.17, 15) is 22.8 Å². The third-order valence-corrected chi connectivity index (χ3v) is 6.00. The number of ether oxygens (including phenoxy) is 1. The third-order valence-electron chi connectivity index (χ3n) is 6.00. The van der Waals surface area contributed by atoms with E-state index in [-0.39, 0.29) is 35.8 Å². The maximum Gasteiger partial charge on any atom is 0.435 e. The summed E-state index contributed by atoms with van der Waals surface area (Å²) in [5.74, 6) is -0.0508. The third kappa shape index (κ3) is 3.61. The molecule has 1 aliphatic carbocycles. The van der Waals surface area contributed by atoms with Gasteiger partial charge in [0, 0.05) is 49.8 Å². The maximum absolute atomic E-state index is 13.1. The molecule has 2 atom stereocenters. The van der Waals surface area contributed by atoms with Crippen LogP contribution in [0.25, 0.3) is 0 Å². The minimum Gasteiger partial charge on any atom is -0.370 e. The van der Waals surface area contributed by atoms with Crippen molar-refractivity contribution < 1.29 is 27.5 Å². The normalized spacial score (nSPS) is 24.6. The van der Waals surface area contributed by atoms with Crippen molar-refractivity contribution in [3.05, 3.63) is 17.0 Å². The average Bonchev–Trinajstić information content (AvgIpc) is 3.34. The summed E-state index contributed by atoms with van der Waals surface area (Å²) in [6.45, 7) is 2.34. The van der Waals surface area contributed by atoms with Gasteiger partial charge in [0.25, 0.3) is 0 Å². The second-order valence-electron chi connectivity index (χ2n) is 7.70. The van der Waals surface area contributed by atoms with Gasteiger partial charge in [0.1, 0.15) is 6.61 Å². The van der Waals surface area contributed by atoms with Gasteiger partial charge in [0.05, 0.1) is 6.61 Å². The van der Waals surface area contributed by atoms with E-state index in [0.717, 1.165) is 13.0 Å². The van der Waals surface area contributed by atoms with Gasteiger partial charge in [-0.15, -0.1) is 0 Å². The van der Waals surface area contributed by atoms with E-state index in [1.807, 2.05) is 0 Å². The van der Waals surface area contributed by atoms with Gasteiger partial charge in [-0.1, -0.05) is 0 Å². The number of hydrogen-bond acceptors (Lipinski definition) is 4. The van der Waals surface area contributed by atoms with Crippen LogP contribution in [0.15, 0.2) is 0 Å². The summed E-state index contributed by atoms with van der Waals surface area (Å²) in [5.41, 5.74) is -0.0626. The number of nitrogens with zero attached hydrogens (tertiary/aromatic N) is 3. The second-order valence-corrected chi connectivity index (χ2v) is 7.70. The molecule has 1 aromatic heterocycles. The molecule has 0 saturated carbocycles. The molecule has 1 N–H and O–H groups in total. The second kappa shape index (κ2) is 7.38. The highest BCUT2D eigenvalue weighted by atomic mass is 19.4. The number of H-pyrrole nitrogens is 1. The molecular weight excluding hydrogens is 377 g/mol. The number of aromatic amines is 1. The van der Waals surface area contributed by atoms with E-state index >= 15 is 0 Å². The lowest BCUT2D eigenvalue weighted by molar-refractivity contribution is -0.142. The quantitative estimate of drug-likeness (QED) is 0.761. The molecule has 2 saturated heterocycles. The fourth-order valence-electron chi connectivity index (χ4n) is 4.56. The number of rotatable bonds is 5. The monoisotopic (exact) mass is 400 g/mol. The van der Waals surface area contributed by atoms with E-state index < -0.39 is 11.9 Å². The van der Waals surface area contributed by atoms with E-state index in [1.165, 1.54) is 0 Å². The average molecular weight is 400 g/mol. The highest BCUT2D eigenvalue weighted by Crippen LogP contribution is 2.44. The number of alkyl halides is 3. The molecule has 2 aliphatic heterocycles. The van der Waals surface area contributed by atoms with Crippen LogP contribution in [0.1, 0.15) is 42.1 Å². The molecule has 3 aliphatic rings. The summed E-state index contributed by atoms with van der Waals surface area (Å²) in [6, 6.07) is 0. The Bertz CT molecular complexity index is 764. The molecule has 0 unspecified atom stereocenters. The first kappa shape index (κ1) is 19.2. The minimum absolute atomic E-state index is 0.0783. The van der Waals surface area contributed by atoms with Crippen LogP contribution in [0.2, 0.25) is 0 Å². The van der Waals surface area contributed by atoms with Crippen LogP contribution in [0.4, 0.5) is 13.2 Å². The Hall–Kier alpha value is -2.10. The number of likely N-dealkylation sites (tertiary alicyclic amines) is 2. The molecule has 2 amide bonds. The van der Waals surface area contributed by atoms with Crippen molar-refractivity contribution in [2.24, 2.45) is 5.92 Å². The van der Waals surface area contributed by atoms with E-state index in [1.54, 1.807) is 9.80 Å². The predicted octanol–water partition coefficient (Wildman–Crippen LogP) is 1.56. The Morgan fingerprint density at radius 2 is 2.11 bits per heavy atom. The van der Waals surface area contributed by atoms with Crippen LogP contribution in [0.5, 0.6) is 0 Å². The molecule has 7 nitrogen and oxygen atoms in total. The molecule has 1 aromatic rings. The van der Waals surface area contributed by atoms with Gasteiger partial charge >= 0.3 is 6.18 Å². The summed E-state index contributed by atoms with van der Waals surface area (Å²) in [4.78, 5) is 27.4. The Balaban J connectivity index is 1.30. The number of halogens is 3. The minimum atomic E-state index is -4.46. The molecule has 28 heavy (non-hydrogen) atoms. The Labute approximate surface area is 160 Å². The molecule has 154 valence electrons. The van der Waals surface area contributed by atoms with Crippen molar-refractivity contribution in [3.63, 3.8) is 0 Å². The van der Waals surface area contributed by atoms with Crippen molar-refractivity contribution in [2.45, 2.75) is 37.8 Å². The van der Waals surface area contributed by atoms with Crippen molar-refractivity contribution >= 4 is 11.8 Å². The fourth-order valence-corrected chi connectivity index (χ4v) is 4.56. The zero-order valence-corrected chi connectivity index (χ0v) is 15.4. The molecule has 3 heterocycles. The van der Waals surface area contributed by atoms with Gasteiger partial charge in [-0.25, -0.2) is 0 Å². The number of carbonyl (C=O) groups excluding carboxylic acids is 2. The molecule has 0 radical (unpaired) electrons. The Morgan fingerprint density at radius 3 is 2.82 bits per heavy atom. The van der Waals surface area contributed by atoms with Crippen LogP contribution in [-0.2, 0) is 26.9 Å². The number of nitrogens with one attached hydrogen (secondary N) is 1. The number of carbonyl (C=O) groups is 2. The summed E-state index contributed by atoms with van der Waals surface area (Å²) >= 11 is 0. The number of fused-ring (bicyclic) bond motifs is 3. The maximum atomic E-state index is 13.1. The summed E-state index contributed by atoms with van der Waals surface area (Å²) in [5, 5.41) is 6.07. The highest BCUT2D eigenvalue weighted by molar-refractivity contribution is 5.78. The molecule has 0 spiro atoms. The van der Waals surface area contributed by atoms with Gasteiger partial charge in [-0.3, -0.25) is 14.7 Å². The largest absolute Gasteiger partial charge is 0.435 e. The summed E-state index contributed by atoms with van der Waals surface area (Å²) in [7, 11) is 0. The van der Waals surface area contributed by atoms with Gasteiger partial charge < -0.3 is 14.5 Å². The highest BCUT2D eigenvalue weighted by Gasteiger charge is 2.45. The zero-order valence-electron chi connectivity index (χ0n) is 15.4. The van der Waals surface area contributed by atoms with Crippen LogP contribution >= 0.6 is 0 Å². The first-order valence-corrected chi connectivity index (χ1v) is 9.62. The SMILES string of the molecule is O=C1CCCN1CCOCC(=O)N1C[C@H]2CCc3c(C(F)(F)F)n[nH]c3[C@H]2C1. The van der Waals surface area contributed by atoms with Crippen LogP contribution in [0.3, 0.4) is 0 Å². The van der Waals surface area contributed by atoms with Crippen molar-refractivity contribution in [1.29, 1.82) is 0 Å². The lowest BCUT2D eigenvalue weighted by atomic mass is 9.80. The molecule has 2 fully saturated rings. The van der Waals surface area contributed by atoms with Crippen LogP contribution in [0, 0.1) is 5.92 Å². The van der Waals surface area contributed by atoms with E-state index in [4.69, 9.17) is 4.74 Å². The van der Waals surface area contributed by atoms with Crippen molar-refractivity contribution in [1.82, 2.24) is 20.0 Å². The van der Waals surface area contributed by atoms with Crippen LogP contribution < -0.4 is 0 Å². The topological polar surface area (TPSA) is 78.5 Å². The lowest BCUT2D eigenvalue weighted by Gasteiger charge is -2.24. The first-order chi connectivity index (χ1) is 13.3. The lowest BCUT2D eigenvalue weighted by Crippen LogP contribution is -2.34. The first-order valence-electron chi connectivity index (χ1n) is 9.62. The molecule has 10 heteroatoms. The van der Waals surface area contributed by atoms with Gasteiger partial charge in [0.15, 0.2) is 5.69 Å². The smallest absolute Gasteiger partial charge is 0.370 e. The van der Waals surface area contributed by atoms with Crippen LogP contribution in [-0.4, -0.2) is 71.2 Å². The molecule has 0 bridgehead atoms. The van der Waals surface area contributed by atoms with Gasteiger partial charge in [-0.05, 0) is 25.2 Å². The Morgan fingerprint density at radius 1 is 1.29 bits per heavy atom. The standard InChI is InChI=1S/C18H23F3N4O3/c19-18(20,21)17-12-4-3-11-8-25(9-13(11)16(12)22-23-17)15(27)10-28-7-6-24-5-1-2-14(24)26/h11,13H,1-10H2,(H,22,23)/t11-,13+/m1/s1. The van der Waals surface area contributed by atoms with Gasteiger partial charge in [0.2, 0.25) is 11.8 Å². The molecule has 4 rings (SSSR count). The zero-order chi connectivity index (χ0) is 19.9. The molecule has 0 aromatic carbocycles. The number of hydrogen-bond donors (Lipinski definition) is 1. The summed E-state index contributed by atoms with van der Waals surface area (Å²) in [6.07, 6.45) is -2.09. The Kier molecular flexibility index (Phi) is 5.07. The summed E-state index contributed by atoms with van der Waals surface area (Å²) < 4.78 is 44.7. The molecular formula is C18H23F3N4O3. The predicted molar refractivity (Wildman–Crippen MR) is 91.4 cm³/mol. The number of aromatic nitrogens is 2. The number of amides is 2. The van der Waals surface area contributed by atoms with Gasteiger partial charge in [-0.2, -0.15) is 18.3 Å². The fraction of sp³-hybridized carbons (Fsp3) is 0.722. The van der Waals surface area contributed by atoms with Crippen molar-refractivity contribution in [2.75, 3.05) is 39.4 Å². The van der Waals surface area contributed by atoms with E-state index in [2.05, 4.69) is 10.2 Å². The van der Waals surface area contributed by atoms with E-state index in [0.29, 0.717) is 51.2 Å². The van der Waals surface area contributed by atoms with Crippen molar-refractivity contribution in [3.8, 4) is 0 Å².